The number of nitrogens with one attached hydrogen (secondary N) is 1. The minimum atomic E-state index is 0.192. The summed E-state index contributed by atoms with van der Waals surface area (Å²) in [7, 11) is 0. The molecule has 1 amide bonds. The molecular weight excluding hydrogens is 306 g/mol. The Morgan fingerprint density at radius 3 is 1.84 bits per heavy atom. The van der Waals surface area contributed by atoms with Crippen molar-refractivity contribution >= 4 is 5.91 Å². The molecule has 0 atom stereocenters. The second kappa shape index (κ2) is 19.0. The van der Waals surface area contributed by atoms with Crippen LogP contribution in [-0.4, -0.2) is 11.9 Å². The van der Waals surface area contributed by atoms with Gasteiger partial charge in [-0.1, -0.05) is 69.1 Å². The van der Waals surface area contributed by atoms with E-state index < -0.39 is 0 Å². The van der Waals surface area contributed by atoms with Crippen LogP contribution < -0.4 is 5.32 Å². The molecule has 0 saturated heterocycles. The molecule has 0 aromatic heterocycles. The van der Waals surface area contributed by atoms with Crippen LogP contribution in [0.3, 0.4) is 0 Å². The summed E-state index contributed by atoms with van der Waals surface area (Å²) < 4.78 is 0. The van der Waals surface area contributed by atoms with E-state index in [1.165, 1.54) is 38.5 Å². The van der Waals surface area contributed by atoms with Crippen LogP contribution in [0.15, 0.2) is 36.5 Å². The van der Waals surface area contributed by atoms with Gasteiger partial charge in [-0.15, -0.1) is 0 Å². The predicted molar refractivity (Wildman–Crippen MR) is 112 cm³/mol. The molecule has 0 rings (SSSR count). The third-order valence-corrected chi connectivity index (χ3v) is 3.99. The summed E-state index contributed by atoms with van der Waals surface area (Å²) in [6.07, 6.45) is 27.4. The molecule has 0 unspecified atom stereocenters. The Morgan fingerprint density at radius 1 is 0.760 bits per heavy atom. The summed E-state index contributed by atoms with van der Waals surface area (Å²) in [5.41, 5.74) is 0. The van der Waals surface area contributed by atoms with Gasteiger partial charge < -0.3 is 5.32 Å². The maximum Gasteiger partial charge on any atom is 0.220 e. The Morgan fingerprint density at radius 2 is 1.28 bits per heavy atom. The van der Waals surface area contributed by atoms with Gasteiger partial charge in [-0.05, 0) is 58.8 Å². The van der Waals surface area contributed by atoms with E-state index in [0.717, 1.165) is 32.1 Å². The first-order valence-corrected chi connectivity index (χ1v) is 10.4. The molecule has 2 nitrogen and oxygen atoms in total. The van der Waals surface area contributed by atoms with Gasteiger partial charge in [-0.25, -0.2) is 0 Å². The minimum absolute atomic E-state index is 0.192. The van der Waals surface area contributed by atoms with Crippen molar-refractivity contribution in [3.05, 3.63) is 36.5 Å². The second-order valence-corrected chi connectivity index (χ2v) is 7.06. The van der Waals surface area contributed by atoms with Crippen molar-refractivity contribution in [1.82, 2.24) is 5.32 Å². The Balaban J connectivity index is 3.35. The molecule has 144 valence electrons. The first-order chi connectivity index (χ1) is 12.2. The summed E-state index contributed by atoms with van der Waals surface area (Å²) in [6.45, 7) is 6.25. The SMILES string of the molecule is CCCCC/C=C\C/C=C\C/C=C\CCCCCCC(=O)NC(C)C. The first-order valence-electron chi connectivity index (χ1n) is 10.4. The van der Waals surface area contributed by atoms with Gasteiger partial charge in [0.25, 0.3) is 0 Å². The number of rotatable bonds is 16. The summed E-state index contributed by atoms with van der Waals surface area (Å²) in [6, 6.07) is 0.258. The lowest BCUT2D eigenvalue weighted by Gasteiger charge is -2.07. The molecule has 0 radical (unpaired) electrons. The lowest BCUT2D eigenvalue weighted by molar-refractivity contribution is -0.121. The second-order valence-electron chi connectivity index (χ2n) is 7.06. The van der Waals surface area contributed by atoms with Crippen molar-refractivity contribution in [2.45, 2.75) is 104 Å². The van der Waals surface area contributed by atoms with Gasteiger partial charge in [0.05, 0.1) is 0 Å². The average Bonchev–Trinajstić information content (AvgIpc) is 2.57. The smallest absolute Gasteiger partial charge is 0.220 e. The molecule has 0 aliphatic heterocycles. The highest BCUT2D eigenvalue weighted by atomic mass is 16.1. The van der Waals surface area contributed by atoms with Gasteiger partial charge >= 0.3 is 0 Å². The number of carbonyl (C=O) groups excluding carboxylic acids is 1. The highest BCUT2D eigenvalue weighted by molar-refractivity contribution is 5.76. The maximum absolute atomic E-state index is 11.5. The standard InChI is InChI=1S/C23H41NO/c1-4-5-6-7-8-9-10-11-12-13-14-15-16-17-18-19-20-21-23(25)24-22(2)3/h8-9,11-12,14-15,22H,4-7,10,13,16-21H2,1-3H3,(H,24,25)/b9-8-,12-11-,15-14-. The molecule has 0 fully saturated rings. The summed E-state index contributed by atoms with van der Waals surface area (Å²) in [5.74, 6) is 0.192. The van der Waals surface area contributed by atoms with Crippen molar-refractivity contribution in [2.24, 2.45) is 0 Å². The summed E-state index contributed by atoms with van der Waals surface area (Å²) >= 11 is 0. The number of unbranched alkanes of at least 4 members (excludes halogenated alkanes) is 7. The average molecular weight is 348 g/mol. The molecule has 0 saturated carbocycles. The van der Waals surface area contributed by atoms with E-state index >= 15 is 0 Å². The molecule has 2 heteroatoms. The molecule has 0 spiro atoms. The monoisotopic (exact) mass is 347 g/mol. The summed E-state index contributed by atoms with van der Waals surface area (Å²) in [4.78, 5) is 11.5. The number of allylic oxidation sites excluding steroid dienone is 6. The van der Waals surface area contributed by atoms with Crippen LogP contribution in [-0.2, 0) is 4.79 Å². The van der Waals surface area contributed by atoms with E-state index in [0.29, 0.717) is 6.42 Å². The number of hydrogen-bond acceptors (Lipinski definition) is 1. The van der Waals surface area contributed by atoms with Gasteiger partial charge in [0, 0.05) is 12.5 Å². The van der Waals surface area contributed by atoms with E-state index in [9.17, 15) is 4.79 Å². The van der Waals surface area contributed by atoms with Crippen LogP contribution in [0.2, 0.25) is 0 Å². The quantitative estimate of drug-likeness (QED) is 0.239. The van der Waals surface area contributed by atoms with Crippen LogP contribution >= 0.6 is 0 Å². The van der Waals surface area contributed by atoms with Crippen LogP contribution in [0.4, 0.5) is 0 Å². The third kappa shape index (κ3) is 20.6. The highest BCUT2D eigenvalue weighted by Crippen LogP contribution is 2.06. The van der Waals surface area contributed by atoms with Crippen molar-refractivity contribution in [1.29, 1.82) is 0 Å². The zero-order valence-corrected chi connectivity index (χ0v) is 16.9. The molecule has 0 bridgehead atoms. The summed E-state index contributed by atoms with van der Waals surface area (Å²) in [5, 5.41) is 2.94. The molecule has 1 N–H and O–H groups in total. The van der Waals surface area contributed by atoms with Crippen molar-refractivity contribution in [2.75, 3.05) is 0 Å². The molecule has 25 heavy (non-hydrogen) atoms. The van der Waals surface area contributed by atoms with E-state index in [1.807, 2.05) is 13.8 Å². The van der Waals surface area contributed by atoms with Crippen molar-refractivity contribution in [3.63, 3.8) is 0 Å². The van der Waals surface area contributed by atoms with Crippen LogP contribution in [0, 0.1) is 0 Å². The van der Waals surface area contributed by atoms with Crippen LogP contribution in [0.25, 0.3) is 0 Å². The fourth-order valence-corrected chi connectivity index (χ4v) is 2.59. The lowest BCUT2D eigenvalue weighted by atomic mass is 10.1. The number of carbonyl (C=O) groups is 1. The van der Waals surface area contributed by atoms with Gasteiger partial charge in [0.2, 0.25) is 5.91 Å². The van der Waals surface area contributed by atoms with E-state index in [-0.39, 0.29) is 11.9 Å². The largest absolute Gasteiger partial charge is 0.354 e. The molecule has 0 aromatic carbocycles. The topological polar surface area (TPSA) is 29.1 Å². The molecule has 0 heterocycles. The Labute approximate surface area is 156 Å². The van der Waals surface area contributed by atoms with Crippen molar-refractivity contribution in [3.8, 4) is 0 Å². The normalized spacial score (nSPS) is 12.2. The highest BCUT2D eigenvalue weighted by Gasteiger charge is 2.01. The predicted octanol–water partition coefficient (Wildman–Crippen LogP) is 6.88. The zero-order chi connectivity index (χ0) is 18.6. The first kappa shape index (κ1) is 23.7. The van der Waals surface area contributed by atoms with Gasteiger partial charge in [-0.2, -0.15) is 0 Å². The number of amides is 1. The van der Waals surface area contributed by atoms with E-state index in [1.54, 1.807) is 0 Å². The minimum Gasteiger partial charge on any atom is -0.354 e. The van der Waals surface area contributed by atoms with Gasteiger partial charge in [0.15, 0.2) is 0 Å². The fraction of sp³-hybridized carbons (Fsp3) is 0.696. The molecule has 0 aliphatic rings. The Kier molecular flexibility index (Phi) is 18.0. The van der Waals surface area contributed by atoms with Gasteiger partial charge in [-0.3, -0.25) is 4.79 Å². The van der Waals surface area contributed by atoms with Crippen LogP contribution in [0.5, 0.6) is 0 Å². The molecule has 0 aromatic rings. The molecule has 0 aliphatic carbocycles. The Bertz CT molecular complexity index is 380. The van der Waals surface area contributed by atoms with E-state index in [4.69, 9.17) is 0 Å². The lowest BCUT2D eigenvalue weighted by Crippen LogP contribution is -2.29. The molecular formula is C23H41NO. The fourth-order valence-electron chi connectivity index (χ4n) is 2.59. The third-order valence-electron chi connectivity index (χ3n) is 3.99. The van der Waals surface area contributed by atoms with E-state index in [2.05, 4.69) is 48.7 Å². The number of hydrogen-bond donors (Lipinski definition) is 1. The van der Waals surface area contributed by atoms with Crippen LogP contribution in [0.1, 0.15) is 97.8 Å². The van der Waals surface area contributed by atoms with Gasteiger partial charge in [0.1, 0.15) is 0 Å². The Hall–Kier alpha value is -1.31. The zero-order valence-electron chi connectivity index (χ0n) is 16.9. The van der Waals surface area contributed by atoms with Crippen molar-refractivity contribution < 1.29 is 4.79 Å². The maximum atomic E-state index is 11.5.